The summed E-state index contributed by atoms with van der Waals surface area (Å²) >= 11 is 0. The number of hydrogen-bond donors (Lipinski definition) is 3. The van der Waals surface area contributed by atoms with Gasteiger partial charge in [-0.1, -0.05) is 53.2 Å². The van der Waals surface area contributed by atoms with Crippen molar-refractivity contribution in [3.05, 3.63) is 71.8 Å². The highest BCUT2D eigenvalue weighted by Gasteiger charge is 2.40. The maximum absolute atomic E-state index is 12.6. The predicted molar refractivity (Wildman–Crippen MR) is 136 cm³/mol. The topological polar surface area (TPSA) is 116 Å². The molecule has 0 saturated carbocycles. The van der Waals surface area contributed by atoms with E-state index in [1.54, 1.807) is 24.3 Å². The minimum absolute atomic E-state index is 0.0455. The van der Waals surface area contributed by atoms with Crippen LogP contribution in [0.25, 0.3) is 10.8 Å². The van der Waals surface area contributed by atoms with Gasteiger partial charge in [-0.15, -0.1) is 0 Å². The summed E-state index contributed by atoms with van der Waals surface area (Å²) in [5.74, 6) is -0.313. The average Bonchev–Trinajstić information content (AvgIpc) is 3.37. The number of amides is 2. The molecule has 2 aliphatic heterocycles. The first-order valence-electron chi connectivity index (χ1n) is 11.8. The third kappa shape index (κ3) is 4.48. The molecule has 0 radical (unpaired) electrons. The van der Waals surface area contributed by atoms with Crippen LogP contribution in [0.5, 0.6) is 5.75 Å². The van der Waals surface area contributed by atoms with E-state index in [9.17, 15) is 18.7 Å². The number of fused-ring (bicyclic) bond motifs is 2. The SMILES string of the molecule is NC(=O)c1c(OC2CCN(CCCCN3C(=O)c4ccccc4S3(O)O)C2)ccc2ccccc12. The van der Waals surface area contributed by atoms with Gasteiger partial charge >= 0.3 is 0 Å². The lowest BCUT2D eigenvalue weighted by Gasteiger charge is -2.37. The second-order valence-corrected chi connectivity index (χ2v) is 10.9. The summed E-state index contributed by atoms with van der Waals surface area (Å²) in [5.41, 5.74) is 6.47. The first-order valence-corrected chi connectivity index (χ1v) is 13.3. The summed E-state index contributed by atoms with van der Waals surface area (Å²) < 4.78 is 28.6. The Labute approximate surface area is 205 Å². The lowest BCUT2D eigenvalue weighted by atomic mass is 10.0. The molecule has 2 heterocycles. The van der Waals surface area contributed by atoms with Gasteiger partial charge in [0.1, 0.15) is 11.9 Å². The smallest absolute Gasteiger partial charge is 0.274 e. The summed E-state index contributed by atoms with van der Waals surface area (Å²) in [6.45, 7) is 2.71. The van der Waals surface area contributed by atoms with Crippen molar-refractivity contribution in [1.29, 1.82) is 0 Å². The second-order valence-electron chi connectivity index (χ2n) is 8.98. The Bertz CT molecular complexity index is 1280. The normalized spacial score (nSPS) is 20.2. The fourth-order valence-electron chi connectivity index (χ4n) is 4.95. The minimum Gasteiger partial charge on any atom is -0.488 e. The van der Waals surface area contributed by atoms with Crippen molar-refractivity contribution in [2.75, 3.05) is 26.2 Å². The third-order valence-corrected chi connectivity index (χ3v) is 8.60. The minimum atomic E-state index is -3.25. The van der Waals surface area contributed by atoms with Crippen molar-refractivity contribution in [3.8, 4) is 5.75 Å². The number of carbonyl (C=O) groups is 2. The number of benzene rings is 3. The van der Waals surface area contributed by atoms with Crippen molar-refractivity contribution in [2.45, 2.75) is 30.3 Å². The van der Waals surface area contributed by atoms with Crippen molar-refractivity contribution >= 4 is 33.4 Å². The number of nitrogens with zero attached hydrogens (tertiary/aromatic N) is 2. The van der Waals surface area contributed by atoms with Crippen molar-refractivity contribution in [3.63, 3.8) is 0 Å². The molecule has 0 spiro atoms. The summed E-state index contributed by atoms with van der Waals surface area (Å²) in [5, 5.41) is 1.73. The van der Waals surface area contributed by atoms with Crippen LogP contribution in [0, 0.1) is 0 Å². The molecule has 4 N–H and O–H groups in total. The standard InChI is InChI=1S/C26H29N3O5S/c27-25(30)24-20-8-2-1-7-18(20)11-12-22(24)34-19-13-16-28(17-19)14-5-6-15-29-26(31)21-9-3-4-10-23(21)35(29,32)33/h1-4,7-12,19,32-33H,5-6,13-17H2,(H2,27,30). The Balaban J connectivity index is 1.14. The van der Waals surface area contributed by atoms with E-state index in [2.05, 4.69) is 4.90 Å². The number of nitrogens with two attached hydrogens (primary N) is 1. The van der Waals surface area contributed by atoms with E-state index in [1.165, 1.54) is 4.31 Å². The van der Waals surface area contributed by atoms with Crippen LogP contribution in [-0.2, 0) is 0 Å². The van der Waals surface area contributed by atoms with Gasteiger partial charge in [-0.3, -0.25) is 23.6 Å². The van der Waals surface area contributed by atoms with Crippen LogP contribution in [-0.4, -0.2) is 62.4 Å². The molecular formula is C26H29N3O5S. The van der Waals surface area contributed by atoms with Crippen LogP contribution in [0.2, 0.25) is 0 Å². The molecule has 0 aromatic heterocycles. The summed E-state index contributed by atoms with van der Waals surface area (Å²) in [6.07, 6.45) is 2.26. The van der Waals surface area contributed by atoms with Gasteiger partial charge in [0, 0.05) is 19.6 Å². The fourth-order valence-corrected chi connectivity index (χ4v) is 6.61. The van der Waals surface area contributed by atoms with Gasteiger partial charge in [0.2, 0.25) is 0 Å². The molecule has 3 aromatic rings. The Morgan fingerprint density at radius 3 is 2.57 bits per heavy atom. The number of rotatable bonds is 8. The Hall–Kier alpha value is -3.11. The van der Waals surface area contributed by atoms with Crippen molar-refractivity contribution < 1.29 is 23.4 Å². The van der Waals surface area contributed by atoms with Gasteiger partial charge in [0.25, 0.3) is 11.8 Å². The molecule has 0 aliphatic carbocycles. The van der Waals surface area contributed by atoms with Gasteiger partial charge in [0.05, 0.1) is 16.0 Å². The molecule has 0 bridgehead atoms. The molecule has 9 heteroatoms. The molecule has 2 aliphatic rings. The Morgan fingerprint density at radius 1 is 1.03 bits per heavy atom. The van der Waals surface area contributed by atoms with Crippen LogP contribution in [0.3, 0.4) is 0 Å². The number of primary amides is 1. The molecule has 8 nitrogen and oxygen atoms in total. The van der Waals surface area contributed by atoms with E-state index in [-0.39, 0.29) is 12.0 Å². The maximum atomic E-state index is 12.6. The quantitative estimate of drug-likeness (QED) is 0.400. The van der Waals surface area contributed by atoms with Crippen molar-refractivity contribution in [2.24, 2.45) is 5.73 Å². The zero-order chi connectivity index (χ0) is 24.6. The third-order valence-electron chi connectivity index (χ3n) is 6.69. The molecule has 5 rings (SSSR count). The fraction of sp³-hybridized carbons (Fsp3) is 0.308. The highest BCUT2D eigenvalue weighted by molar-refractivity contribution is 8.23. The van der Waals surface area contributed by atoms with E-state index in [4.69, 9.17) is 10.5 Å². The second kappa shape index (κ2) is 9.50. The molecule has 3 aromatic carbocycles. The number of hydrogen-bond acceptors (Lipinski definition) is 6. The van der Waals surface area contributed by atoms with Crippen LogP contribution < -0.4 is 10.5 Å². The number of likely N-dealkylation sites (tertiary alicyclic amines) is 1. The lowest BCUT2D eigenvalue weighted by Crippen LogP contribution is -2.30. The molecule has 2 amide bonds. The summed E-state index contributed by atoms with van der Waals surface area (Å²) in [6, 6.07) is 18.0. The van der Waals surface area contributed by atoms with Gasteiger partial charge in [-0.2, -0.15) is 0 Å². The van der Waals surface area contributed by atoms with E-state index >= 15 is 0 Å². The number of ether oxygens (including phenoxy) is 1. The first kappa shape index (κ1) is 23.6. The van der Waals surface area contributed by atoms with E-state index < -0.39 is 16.7 Å². The predicted octanol–water partition coefficient (Wildman–Crippen LogP) is 4.35. The number of unbranched alkanes of at least 4 members (excludes halogenated alkanes) is 1. The van der Waals surface area contributed by atoms with Crippen LogP contribution in [0.15, 0.2) is 65.6 Å². The molecule has 184 valence electrons. The largest absolute Gasteiger partial charge is 0.488 e. The van der Waals surface area contributed by atoms with Crippen LogP contribution in [0.4, 0.5) is 0 Å². The van der Waals surface area contributed by atoms with Crippen molar-refractivity contribution in [1.82, 2.24) is 9.21 Å². The molecule has 1 atom stereocenters. The summed E-state index contributed by atoms with van der Waals surface area (Å²) in [4.78, 5) is 27.4. The first-order chi connectivity index (χ1) is 16.9. The zero-order valence-electron chi connectivity index (χ0n) is 19.3. The molecule has 35 heavy (non-hydrogen) atoms. The van der Waals surface area contributed by atoms with Gasteiger partial charge < -0.3 is 10.5 Å². The van der Waals surface area contributed by atoms with Crippen LogP contribution in [0.1, 0.15) is 40.0 Å². The molecule has 1 unspecified atom stereocenters. The molecule has 1 fully saturated rings. The van der Waals surface area contributed by atoms with E-state index in [1.807, 2.05) is 36.4 Å². The van der Waals surface area contributed by atoms with Crippen LogP contribution >= 0.6 is 10.8 Å². The Morgan fingerprint density at radius 2 is 1.77 bits per heavy atom. The van der Waals surface area contributed by atoms with Gasteiger partial charge in [-0.05, 0) is 54.8 Å². The number of carbonyl (C=O) groups excluding carboxylic acids is 2. The highest BCUT2D eigenvalue weighted by atomic mass is 32.3. The van der Waals surface area contributed by atoms with E-state index in [0.717, 1.165) is 43.2 Å². The maximum Gasteiger partial charge on any atom is 0.274 e. The van der Waals surface area contributed by atoms with E-state index in [0.29, 0.717) is 34.7 Å². The van der Waals surface area contributed by atoms with Gasteiger partial charge in [0.15, 0.2) is 0 Å². The van der Waals surface area contributed by atoms with Gasteiger partial charge in [-0.25, -0.2) is 4.31 Å². The zero-order valence-corrected chi connectivity index (χ0v) is 20.1. The molecule has 1 saturated heterocycles. The lowest BCUT2D eigenvalue weighted by molar-refractivity contribution is 0.0859. The monoisotopic (exact) mass is 495 g/mol. The highest BCUT2D eigenvalue weighted by Crippen LogP contribution is 2.58. The average molecular weight is 496 g/mol. The molecular weight excluding hydrogens is 466 g/mol. The Kier molecular flexibility index (Phi) is 6.41. The summed E-state index contributed by atoms with van der Waals surface area (Å²) in [7, 11) is -3.25.